The van der Waals surface area contributed by atoms with E-state index in [1.54, 1.807) is 0 Å². The summed E-state index contributed by atoms with van der Waals surface area (Å²) in [6.45, 7) is 8.93. The van der Waals surface area contributed by atoms with Crippen LogP contribution in [0.1, 0.15) is 34.1 Å². The molecule has 0 bridgehead atoms. The smallest absolute Gasteiger partial charge is 0.228 e. The average Bonchev–Trinajstić information content (AvgIpc) is 2.43. The molecule has 1 amide bonds. The van der Waals surface area contributed by atoms with Crippen LogP contribution in [0.3, 0.4) is 0 Å². The molecule has 1 saturated heterocycles. The lowest BCUT2D eigenvalue weighted by Gasteiger charge is -2.31. The number of carbonyl (C=O) groups excluding carboxylic acids is 1. The van der Waals surface area contributed by atoms with Gasteiger partial charge in [-0.3, -0.25) is 4.79 Å². The van der Waals surface area contributed by atoms with Crippen LogP contribution in [0.15, 0.2) is 0 Å². The summed E-state index contributed by atoms with van der Waals surface area (Å²) in [7, 11) is 0. The van der Waals surface area contributed by atoms with Gasteiger partial charge in [0.25, 0.3) is 0 Å². The Morgan fingerprint density at radius 2 is 2.07 bits per heavy atom. The number of hydrogen-bond donors (Lipinski definition) is 0. The first-order valence-electron chi connectivity index (χ1n) is 5.25. The van der Waals surface area contributed by atoms with Crippen molar-refractivity contribution in [1.82, 2.24) is 4.90 Å². The number of halogens is 1. The Balaban J connectivity index is 2.74. The van der Waals surface area contributed by atoms with E-state index in [4.69, 9.17) is 11.6 Å². The highest BCUT2D eigenvalue weighted by atomic mass is 35.5. The summed E-state index contributed by atoms with van der Waals surface area (Å²) in [5.74, 6) is 1.33. The third-order valence-corrected chi connectivity index (χ3v) is 3.26. The molecular formula is C11H20ClNO. The molecule has 0 aromatic rings. The van der Waals surface area contributed by atoms with E-state index in [2.05, 4.69) is 6.92 Å². The molecule has 0 radical (unpaired) electrons. The molecule has 1 rings (SSSR count). The van der Waals surface area contributed by atoms with E-state index in [0.717, 1.165) is 13.0 Å². The van der Waals surface area contributed by atoms with Crippen molar-refractivity contribution in [2.24, 2.45) is 11.3 Å². The molecular weight excluding hydrogens is 198 g/mol. The van der Waals surface area contributed by atoms with Gasteiger partial charge in [-0.05, 0) is 12.3 Å². The van der Waals surface area contributed by atoms with Crippen molar-refractivity contribution in [3.63, 3.8) is 0 Å². The maximum Gasteiger partial charge on any atom is 0.228 e. The van der Waals surface area contributed by atoms with E-state index in [1.165, 1.54) is 0 Å². The lowest BCUT2D eigenvalue weighted by molar-refractivity contribution is -0.140. The maximum atomic E-state index is 12.0. The number of rotatable bonds is 1. The third kappa shape index (κ3) is 2.22. The van der Waals surface area contributed by atoms with Crippen LogP contribution < -0.4 is 0 Å². The van der Waals surface area contributed by atoms with Gasteiger partial charge in [-0.25, -0.2) is 0 Å². The number of nitrogens with zero attached hydrogens (tertiary/aromatic N) is 1. The van der Waals surface area contributed by atoms with E-state index in [-0.39, 0.29) is 17.4 Å². The van der Waals surface area contributed by atoms with E-state index in [0.29, 0.717) is 11.8 Å². The first-order chi connectivity index (χ1) is 6.38. The van der Waals surface area contributed by atoms with Crippen LogP contribution in [0.25, 0.3) is 0 Å². The van der Waals surface area contributed by atoms with Crippen LogP contribution in [0.5, 0.6) is 0 Å². The molecule has 0 aromatic heterocycles. The zero-order valence-corrected chi connectivity index (χ0v) is 10.3. The summed E-state index contributed by atoms with van der Waals surface area (Å²) in [5.41, 5.74) is -0.283. The minimum atomic E-state index is -0.283. The minimum absolute atomic E-state index is 0.229. The quantitative estimate of drug-likeness (QED) is 0.618. The molecule has 2 nitrogen and oxygen atoms in total. The van der Waals surface area contributed by atoms with Crippen LogP contribution in [0, 0.1) is 11.3 Å². The highest BCUT2D eigenvalue weighted by Crippen LogP contribution is 2.29. The van der Waals surface area contributed by atoms with Gasteiger partial charge in [0.15, 0.2) is 0 Å². The minimum Gasteiger partial charge on any atom is -0.338 e. The van der Waals surface area contributed by atoms with Gasteiger partial charge in [-0.1, -0.05) is 27.7 Å². The molecule has 0 aromatic carbocycles. The summed E-state index contributed by atoms with van der Waals surface area (Å²) in [6.07, 6.45) is 1.08. The second kappa shape index (κ2) is 4.09. The monoisotopic (exact) mass is 217 g/mol. The van der Waals surface area contributed by atoms with Crippen molar-refractivity contribution in [3.05, 3.63) is 0 Å². The molecule has 1 fully saturated rings. The molecule has 1 aliphatic heterocycles. The second-order valence-corrected chi connectivity index (χ2v) is 5.54. The van der Waals surface area contributed by atoms with Gasteiger partial charge in [0, 0.05) is 23.9 Å². The Morgan fingerprint density at radius 1 is 1.50 bits per heavy atom. The fraction of sp³-hybridized carbons (Fsp3) is 0.909. The van der Waals surface area contributed by atoms with Crippen LogP contribution in [-0.4, -0.2) is 29.3 Å². The Kier molecular flexibility index (Phi) is 3.46. The molecule has 1 aliphatic rings. The van der Waals surface area contributed by atoms with Crippen molar-refractivity contribution in [2.75, 3.05) is 12.4 Å². The average molecular weight is 218 g/mol. The molecule has 0 N–H and O–H groups in total. The van der Waals surface area contributed by atoms with E-state index in [9.17, 15) is 4.79 Å². The fourth-order valence-corrected chi connectivity index (χ4v) is 2.40. The van der Waals surface area contributed by atoms with Gasteiger partial charge in [0.2, 0.25) is 5.91 Å². The number of likely N-dealkylation sites (tertiary alicyclic amines) is 1. The molecule has 0 spiro atoms. The number of alkyl halides is 1. The summed E-state index contributed by atoms with van der Waals surface area (Å²) in [4.78, 5) is 14.0. The molecule has 2 unspecified atom stereocenters. The van der Waals surface area contributed by atoms with Gasteiger partial charge in [0.05, 0.1) is 0 Å². The standard InChI is InChI=1S/C11H20ClNO/c1-8-5-6-13(9(8)7-12)10(14)11(2,3)4/h8-9H,5-7H2,1-4H3. The van der Waals surface area contributed by atoms with Crippen LogP contribution in [-0.2, 0) is 4.79 Å². The van der Waals surface area contributed by atoms with Gasteiger partial charge in [-0.2, -0.15) is 0 Å². The molecule has 0 aliphatic carbocycles. The van der Waals surface area contributed by atoms with Crippen molar-refractivity contribution >= 4 is 17.5 Å². The van der Waals surface area contributed by atoms with Crippen molar-refractivity contribution in [1.29, 1.82) is 0 Å². The zero-order valence-electron chi connectivity index (χ0n) is 9.51. The molecule has 2 atom stereocenters. The molecule has 3 heteroatoms. The lowest BCUT2D eigenvalue weighted by atomic mass is 9.94. The van der Waals surface area contributed by atoms with Crippen molar-refractivity contribution in [2.45, 2.75) is 40.2 Å². The van der Waals surface area contributed by atoms with E-state index in [1.807, 2.05) is 25.7 Å². The van der Waals surface area contributed by atoms with Crippen LogP contribution >= 0.6 is 11.6 Å². The number of hydrogen-bond acceptors (Lipinski definition) is 1. The second-order valence-electron chi connectivity index (χ2n) is 5.24. The van der Waals surface area contributed by atoms with Gasteiger partial charge < -0.3 is 4.90 Å². The predicted octanol–water partition coefficient (Wildman–Crippen LogP) is 2.51. The van der Waals surface area contributed by atoms with Crippen molar-refractivity contribution in [3.8, 4) is 0 Å². The first kappa shape index (κ1) is 11.8. The van der Waals surface area contributed by atoms with Crippen LogP contribution in [0.4, 0.5) is 0 Å². The lowest BCUT2D eigenvalue weighted by Crippen LogP contribution is -2.44. The van der Waals surface area contributed by atoms with E-state index < -0.39 is 0 Å². The molecule has 82 valence electrons. The predicted molar refractivity (Wildman–Crippen MR) is 59.5 cm³/mol. The Labute approximate surface area is 91.6 Å². The number of amides is 1. The van der Waals surface area contributed by atoms with Gasteiger partial charge >= 0.3 is 0 Å². The first-order valence-corrected chi connectivity index (χ1v) is 5.78. The number of carbonyl (C=O) groups is 1. The Hall–Kier alpha value is -0.240. The van der Waals surface area contributed by atoms with Gasteiger partial charge in [-0.15, -0.1) is 11.6 Å². The summed E-state index contributed by atoms with van der Waals surface area (Å²) < 4.78 is 0. The fourth-order valence-electron chi connectivity index (χ4n) is 1.93. The summed E-state index contributed by atoms with van der Waals surface area (Å²) in [6, 6.07) is 0.239. The highest BCUT2D eigenvalue weighted by Gasteiger charge is 2.37. The summed E-state index contributed by atoms with van der Waals surface area (Å²) >= 11 is 5.90. The SMILES string of the molecule is CC1CCN(C(=O)C(C)(C)C)C1CCl. The topological polar surface area (TPSA) is 20.3 Å². The highest BCUT2D eigenvalue weighted by molar-refractivity contribution is 6.18. The maximum absolute atomic E-state index is 12.0. The summed E-state index contributed by atoms with van der Waals surface area (Å²) in [5, 5.41) is 0. The Morgan fingerprint density at radius 3 is 2.50 bits per heavy atom. The molecule has 14 heavy (non-hydrogen) atoms. The van der Waals surface area contributed by atoms with E-state index >= 15 is 0 Å². The molecule has 0 saturated carbocycles. The van der Waals surface area contributed by atoms with Crippen molar-refractivity contribution < 1.29 is 4.79 Å². The normalized spacial score (nSPS) is 28.2. The van der Waals surface area contributed by atoms with Gasteiger partial charge in [0.1, 0.15) is 0 Å². The molecule has 1 heterocycles. The largest absolute Gasteiger partial charge is 0.338 e. The zero-order chi connectivity index (χ0) is 10.9. The Bertz CT molecular complexity index is 222. The third-order valence-electron chi connectivity index (χ3n) is 2.94. The van der Waals surface area contributed by atoms with Crippen LogP contribution in [0.2, 0.25) is 0 Å².